The first-order chi connectivity index (χ1) is 51.9. The fraction of sp³-hybridized carbons (Fsp3) is 0.792. The summed E-state index contributed by atoms with van der Waals surface area (Å²) in [7, 11) is 0. The minimum atomic E-state index is -0.147. The summed E-state index contributed by atoms with van der Waals surface area (Å²) in [6, 6.07) is 0. The maximum atomic E-state index is 12.2. The van der Waals surface area contributed by atoms with Crippen molar-refractivity contribution < 1.29 is 52.5 Å². The summed E-state index contributed by atoms with van der Waals surface area (Å²) in [4.78, 5) is 72.5. The van der Waals surface area contributed by atoms with Crippen LogP contribution in [0.1, 0.15) is 266 Å². The van der Waals surface area contributed by atoms with Crippen molar-refractivity contribution in [3.8, 4) is 0 Å². The molecule has 15 unspecified atom stereocenters. The lowest BCUT2D eigenvalue weighted by atomic mass is 9.47. The minimum Gasteiger partial charge on any atom is -0.498 e. The SMILES string of the molecule is C=C1C=C2C3CC3C3C(CC[C@@]4(CC)C3[C@@H]3C[C@@H]3C43CCC(=O)O3)[C@H]2CC1.CCOC1=CC2=CCC3C(CC[C@@]4(CC)C3[C@@H]3C[C@@H]3[C@@]43CCC(=O)O3)[C@H]2CC1.CC[C@]12CCC3C(C=CC4=CC(=O)CC[C@@H]43)C1[C@@H]1C[C@@H]1[C@@]21CCC(=O)O1.CC[C@]12CCC3C(CCC4=CC(=O)CC[C@@H]43)C1[C@@H]1C[C@@H]1[C@@]21CCC(=O)O1. The average Bonchev–Trinajstić information content (AvgIpc) is 1.63. The van der Waals surface area contributed by atoms with Gasteiger partial charge in [-0.3, -0.25) is 28.8 Å². The zero-order chi connectivity index (χ0) is 72.6. The van der Waals surface area contributed by atoms with Gasteiger partial charge in [-0.25, -0.2) is 0 Å². The quantitative estimate of drug-likeness (QED) is 0.185. The van der Waals surface area contributed by atoms with Gasteiger partial charge in [-0.05, 0) is 353 Å². The van der Waals surface area contributed by atoms with Gasteiger partial charge in [0.25, 0.3) is 0 Å². The van der Waals surface area contributed by atoms with E-state index in [1.165, 1.54) is 157 Å². The second kappa shape index (κ2) is 23.9. The molecule has 0 aromatic rings. The molecule has 107 heavy (non-hydrogen) atoms. The van der Waals surface area contributed by atoms with Crippen LogP contribution in [0.4, 0.5) is 0 Å². The zero-order valence-electron chi connectivity index (χ0n) is 65.4. The molecule has 25 rings (SSSR count). The molecule has 0 aromatic heterocycles. The maximum Gasteiger partial charge on any atom is 0.306 e. The van der Waals surface area contributed by atoms with Crippen molar-refractivity contribution >= 4 is 35.4 Å². The monoisotopic (exact) mass is 1450 g/mol. The van der Waals surface area contributed by atoms with Gasteiger partial charge in [0.15, 0.2) is 11.6 Å². The molecule has 11 nitrogen and oxygen atoms in total. The fourth-order valence-electron chi connectivity index (χ4n) is 36.3. The molecule has 0 N–H and O–H groups in total. The van der Waals surface area contributed by atoms with Crippen LogP contribution in [0.5, 0.6) is 0 Å². The highest BCUT2D eigenvalue weighted by atomic mass is 16.6. The predicted octanol–water partition coefficient (Wildman–Crippen LogP) is 19.4. The lowest BCUT2D eigenvalue weighted by Crippen LogP contribution is -2.56. The van der Waals surface area contributed by atoms with Gasteiger partial charge in [0.1, 0.15) is 22.4 Å². The van der Waals surface area contributed by atoms with Gasteiger partial charge in [0.2, 0.25) is 0 Å². The van der Waals surface area contributed by atoms with Crippen molar-refractivity contribution in [1.29, 1.82) is 0 Å². The summed E-state index contributed by atoms with van der Waals surface area (Å²) in [6.45, 7) is 16.6. The van der Waals surface area contributed by atoms with Crippen molar-refractivity contribution in [3.63, 3.8) is 0 Å². The Kier molecular flexibility index (Phi) is 15.4. The third-order valence-electron chi connectivity index (χ3n) is 39.6. The van der Waals surface area contributed by atoms with Gasteiger partial charge in [0.05, 0.1) is 12.4 Å². The van der Waals surface area contributed by atoms with Gasteiger partial charge in [-0.15, -0.1) is 0 Å². The first kappa shape index (κ1) is 69.0. The van der Waals surface area contributed by atoms with Crippen molar-refractivity contribution in [2.75, 3.05) is 6.61 Å². The van der Waals surface area contributed by atoms with Crippen LogP contribution in [-0.4, -0.2) is 64.5 Å². The Labute approximate surface area is 637 Å². The van der Waals surface area contributed by atoms with E-state index in [1.54, 1.807) is 11.1 Å². The van der Waals surface area contributed by atoms with E-state index in [-0.39, 0.29) is 62.5 Å². The molecular formula is C96H124O11. The number of hydrogen-bond donors (Lipinski definition) is 0. The van der Waals surface area contributed by atoms with Crippen molar-refractivity contribution in [1.82, 2.24) is 0 Å². The highest BCUT2D eigenvalue weighted by Gasteiger charge is 2.84. The fourth-order valence-corrected chi connectivity index (χ4v) is 36.3. The number of ketones is 2. The second-order valence-electron chi connectivity index (χ2n) is 41.5. The number of hydrogen-bond acceptors (Lipinski definition) is 11. The molecule has 4 spiro atoms. The predicted molar refractivity (Wildman–Crippen MR) is 405 cm³/mol. The molecule has 0 aromatic carbocycles. The molecule has 34 atom stereocenters. The third kappa shape index (κ3) is 9.08. The van der Waals surface area contributed by atoms with Crippen LogP contribution in [0.25, 0.3) is 0 Å². The molecule has 574 valence electrons. The first-order valence-electron chi connectivity index (χ1n) is 45.4. The third-order valence-corrected chi connectivity index (χ3v) is 39.6. The number of carbonyl (C=O) groups is 6. The van der Waals surface area contributed by atoms with E-state index < -0.39 is 0 Å². The standard InChI is InChI=1S/C25H34O3.C25H32O2.C23H30O3.C23H28O3/c1-3-24-11-9-18-17-8-6-16(27-4-2)13-15(17)5-7-19(18)23(24)20-14-21(20)25(24)12-10-22(26)28-25;1-3-24-8-6-15-14-5-4-13(2)10-16(14)17-11-18(17)22(15)23(24)19-12-20(19)25(24)9-7-21(26)27-25;2*1-2-22-9-7-16-15-6-4-14(24)11-13(15)3-5-17(16)21(22)18-12-19(18)23(22)10-8-20(25)26-23/h5,13,17-21,23H,3-4,6-12,14H2,1-2H3;10,14-15,17-20,22-23H,2-9,11-12H2,1H3;11,15-19,21H,2-10,12H2,1H3;3,5,11,15-19,21H,2,4,6-10,12H2,1H3/t17-,18?,19?,20+,21-,23?,24-,25-;14-,15?,17?,18?,19-,20+,22?,23?,24+,25?;2*15-,16?,17?,18+,19-,21?,22-,23-/m0100/s1. The van der Waals surface area contributed by atoms with Crippen LogP contribution in [-0.2, 0) is 52.5 Å². The van der Waals surface area contributed by atoms with Crippen LogP contribution in [0.15, 0.2) is 82.7 Å². The van der Waals surface area contributed by atoms with E-state index in [2.05, 4.69) is 71.6 Å². The molecule has 11 heteroatoms. The lowest BCUT2D eigenvalue weighted by Gasteiger charge is -2.58. The molecule has 21 aliphatic carbocycles. The second-order valence-corrected chi connectivity index (χ2v) is 41.5. The van der Waals surface area contributed by atoms with Gasteiger partial charge < -0.3 is 23.7 Å². The van der Waals surface area contributed by atoms with E-state index >= 15 is 0 Å². The zero-order valence-corrected chi connectivity index (χ0v) is 65.4. The minimum absolute atomic E-state index is 0.0430. The molecule has 0 radical (unpaired) electrons. The van der Waals surface area contributed by atoms with E-state index in [9.17, 15) is 28.8 Å². The molecule has 4 aliphatic heterocycles. The number of ether oxygens (including phenoxy) is 5. The molecule has 4 saturated heterocycles. The average molecular weight is 1450 g/mol. The number of allylic oxidation sites excluding steroid dienone is 12. The van der Waals surface area contributed by atoms with Crippen LogP contribution >= 0.6 is 0 Å². The van der Waals surface area contributed by atoms with Crippen LogP contribution in [0.3, 0.4) is 0 Å². The van der Waals surface area contributed by atoms with Crippen LogP contribution in [0.2, 0.25) is 0 Å². The Bertz CT molecular complexity index is 4070. The molecule has 0 bridgehead atoms. The van der Waals surface area contributed by atoms with Crippen LogP contribution < -0.4 is 0 Å². The highest BCUT2D eigenvalue weighted by molar-refractivity contribution is 5.92. The topological polar surface area (TPSA) is 149 Å². The van der Waals surface area contributed by atoms with Crippen molar-refractivity contribution in [2.24, 2.45) is 176 Å². The van der Waals surface area contributed by atoms with Gasteiger partial charge in [-0.1, -0.05) is 75.3 Å². The molecule has 4 heterocycles. The van der Waals surface area contributed by atoms with Crippen molar-refractivity contribution in [3.05, 3.63) is 82.7 Å². The number of fused-ring (bicyclic) bond motifs is 39. The Morgan fingerprint density at radius 3 is 1.43 bits per heavy atom. The first-order valence-corrected chi connectivity index (χ1v) is 45.4. The normalized spacial score (nSPS) is 54.4. The van der Waals surface area contributed by atoms with E-state index in [1.807, 2.05) is 12.2 Å². The molecule has 15 saturated carbocycles. The summed E-state index contributed by atoms with van der Waals surface area (Å²) >= 11 is 0. The summed E-state index contributed by atoms with van der Waals surface area (Å²) in [6.07, 6.45) is 56.5. The molecule has 19 fully saturated rings. The number of carbonyl (C=O) groups excluding carboxylic acids is 6. The summed E-state index contributed by atoms with van der Waals surface area (Å²) < 4.78 is 30.9. The summed E-state index contributed by atoms with van der Waals surface area (Å²) in [5.74, 6) is 22.1. The Morgan fingerprint density at radius 2 is 0.869 bits per heavy atom. The molecular weight excluding hydrogens is 1330 g/mol. The van der Waals surface area contributed by atoms with Gasteiger partial charge in [0, 0.05) is 90.3 Å². The summed E-state index contributed by atoms with van der Waals surface area (Å²) in [5, 5.41) is 0. The van der Waals surface area contributed by atoms with Crippen LogP contribution in [0, 0.1) is 176 Å². The molecule has 25 aliphatic rings. The number of rotatable bonds is 6. The Balaban J connectivity index is 0.0000000888. The Hall–Kier alpha value is -4.80. The van der Waals surface area contributed by atoms with Gasteiger partial charge >= 0.3 is 23.9 Å². The Morgan fingerprint density at radius 1 is 0.393 bits per heavy atom. The largest absolute Gasteiger partial charge is 0.498 e. The van der Waals surface area contributed by atoms with E-state index in [0.29, 0.717) is 95.9 Å². The van der Waals surface area contributed by atoms with E-state index in [4.69, 9.17) is 23.7 Å². The summed E-state index contributed by atoms with van der Waals surface area (Å²) in [5.41, 5.74) is 8.09. The lowest BCUT2D eigenvalue weighted by molar-refractivity contribution is -0.180. The smallest absolute Gasteiger partial charge is 0.306 e. The van der Waals surface area contributed by atoms with Crippen molar-refractivity contribution in [2.45, 2.75) is 288 Å². The number of esters is 4. The van der Waals surface area contributed by atoms with Gasteiger partial charge in [-0.2, -0.15) is 0 Å². The maximum absolute atomic E-state index is 12.2. The van der Waals surface area contributed by atoms with E-state index in [0.717, 1.165) is 178 Å². The molecule has 0 amide bonds. The highest BCUT2D eigenvalue weighted by Crippen LogP contribution is 2.85.